The van der Waals surface area contributed by atoms with Crippen molar-refractivity contribution in [3.63, 3.8) is 0 Å². The lowest BCUT2D eigenvalue weighted by molar-refractivity contribution is -0.139. The number of fused-ring (bicyclic) bond motifs is 3. The smallest absolute Gasteiger partial charge is 0.321 e. The molecular weight excluding hydrogens is 204 g/mol. The molecule has 0 fully saturated rings. The highest BCUT2D eigenvalue weighted by atomic mass is 16.4. The summed E-state index contributed by atoms with van der Waals surface area (Å²) in [6, 6.07) is -1.56. The zero-order valence-corrected chi connectivity index (χ0v) is 8.35. The van der Waals surface area contributed by atoms with Crippen molar-refractivity contribution in [3.8, 4) is 0 Å². The van der Waals surface area contributed by atoms with Crippen LogP contribution >= 0.6 is 0 Å². The van der Waals surface area contributed by atoms with Crippen molar-refractivity contribution in [1.82, 2.24) is 10.3 Å². The van der Waals surface area contributed by atoms with Crippen LogP contribution in [0.4, 0.5) is 0 Å². The minimum absolute atomic E-state index is 0.121. The van der Waals surface area contributed by atoms with Crippen LogP contribution in [-0.2, 0) is 17.8 Å². The van der Waals surface area contributed by atoms with Crippen LogP contribution in [-0.4, -0.2) is 22.1 Å². The molecule has 0 radical (unpaired) electrons. The number of benzene rings is 1. The van der Waals surface area contributed by atoms with E-state index in [1.54, 1.807) is 0 Å². The number of nitrogens with one attached hydrogen (secondary N) is 2. The van der Waals surface area contributed by atoms with E-state index < -0.39 is 12.0 Å². The number of para-hydroxylation sites is 1. The molecule has 16 heavy (non-hydrogen) atoms. The third-order valence-electron chi connectivity index (χ3n) is 2.86. The fourth-order valence-electron chi connectivity index (χ4n) is 2.06. The molecule has 1 atom stereocenters. The van der Waals surface area contributed by atoms with Gasteiger partial charge in [-0.05, 0) is 11.6 Å². The van der Waals surface area contributed by atoms with Gasteiger partial charge in [-0.2, -0.15) is 0 Å². The number of aliphatic carboxylic acids is 1. The lowest BCUT2D eigenvalue weighted by Crippen LogP contribution is -2.41. The highest BCUT2D eigenvalue weighted by molar-refractivity contribution is 5.86. The Morgan fingerprint density at radius 1 is 1.50 bits per heavy atom. The quantitative estimate of drug-likeness (QED) is 0.678. The second-order valence-corrected chi connectivity index (χ2v) is 3.81. The van der Waals surface area contributed by atoms with E-state index in [1.165, 1.54) is 0 Å². The lowest BCUT2D eigenvalue weighted by Gasteiger charge is -2.20. The summed E-state index contributed by atoms with van der Waals surface area (Å²) >= 11 is 0. The second-order valence-electron chi connectivity index (χ2n) is 3.81. The van der Waals surface area contributed by atoms with Crippen LogP contribution in [0.15, 0.2) is 24.2 Å². The Morgan fingerprint density at radius 2 is 2.31 bits per heavy atom. The summed E-state index contributed by atoms with van der Waals surface area (Å²) < 4.78 is 31.2. The summed E-state index contributed by atoms with van der Waals surface area (Å²) in [4.78, 5) is 14.1. The molecule has 0 saturated heterocycles. The van der Waals surface area contributed by atoms with Crippen LogP contribution < -0.4 is 5.32 Å². The highest BCUT2D eigenvalue weighted by Crippen LogP contribution is 2.26. The van der Waals surface area contributed by atoms with Gasteiger partial charge in [-0.15, -0.1) is 0 Å². The van der Waals surface area contributed by atoms with Crippen LogP contribution in [0, 0.1) is 0 Å². The topological polar surface area (TPSA) is 65.1 Å². The lowest BCUT2D eigenvalue weighted by atomic mass is 9.99. The molecule has 4 heteroatoms. The average Bonchev–Trinajstić information content (AvgIpc) is 2.81. The van der Waals surface area contributed by atoms with Crippen LogP contribution in [0.3, 0.4) is 0 Å². The molecule has 0 amide bonds. The van der Waals surface area contributed by atoms with E-state index >= 15 is 0 Å². The highest BCUT2D eigenvalue weighted by Gasteiger charge is 2.26. The molecule has 0 saturated carbocycles. The first-order valence-electron chi connectivity index (χ1n) is 6.97. The first-order chi connectivity index (χ1) is 9.41. The van der Waals surface area contributed by atoms with Crippen molar-refractivity contribution in [2.45, 2.75) is 19.0 Å². The van der Waals surface area contributed by atoms with Gasteiger partial charge >= 0.3 is 5.97 Å². The summed E-state index contributed by atoms with van der Waals surface area (Å²) in [5.41, 5.74) is 1.73. The van der Waals surface area contributed by atoms with Crippen molar-refractivity contribution in [2.75, 3.05) is 0 Å². The normalized spacial score (nSPS) is 23.1. The van der Waals surface area contributed by atoms with Crippen molar-refractivity contribution >= 4 is 16.9 Å². The van der Waals surface area contributed by atoms with Crippen LogP contribution in [0.2, 0.25) is 0 Å². The first-order valence-corrected chi connectivity index (χ1v) is 4.97. The number of carbonyl (C=O) groups is 1. The van der Waals surface area contributed by atoms with Gasteiger partial charge in [0.1, 0.15) is 6.04 Å². The van der Waals surface area contributed by atoms with Crippen LogP contribution in [0.25, 0.3) is 10.9 Å². The number of aromatic amines is 1. The average molecular weight is 220 g/mol. The third kappa shape index (κ3) is 1.31. The molecule has 1 aliphatic heterocycles. The number of hydrogen-bond acceptors (Lipinski definition) is 2. The van der Waals surface area contributed by atoms with Gasteiger partial charge in [-0.1, -0.05) is 18.1 Å². The molecule has 3 N–H and O–H groups in total. The molecule has 2 aromatic rings. The number of carboxylic acid groups (broad SMARTS) is 1. The maximum absolute atomic E-state index is 11.1. The molecule has 82 valence electrons. The number of carboxylic acids is 1. The Bertz CT molecular complexity index is 741. The molecule has 0 bridgehead atoms. The Labute approximate surface area is 97.9 Å². The Hall–Kier alpha value is -1.81. The molecule has 0 unspecified atom stereocenters. The number of H-pyrrole nitrogens is 1. The SMILES string of the molecule is [2H]c1c([2H])c([2H])c2c3c([nH]c2c1[2H])CN[C@H](C(=O)O)C3. The van der Waals surface area contributed by atoms with E-state index in [0.29, 0.717) is 23.0 Å². The number of hydrogen-bond donors (Lipinski definition) is 3. The Morgan fingerprint density at radius 3 is 3.12 bits per heavy atom. The monoisotopic (exact) mass is 220 g/mol. The molecule has 0 aliphatic carbocycles. The minimum atomic E-state index is -0.967. The second kappa shape index (κ2) is 3.35. The molecule has 1 aromatic carbocycles. The Balaban J connectivity index is 2.29. The van der Waals surface area contributed by atoms with Crippen molar-refractivity contribution in [3.05, 3.63) is 35.4 Å². The van der Waals surface area contributed by atoms with E-state index in [4.69, 9.17) is 10.6 Å². The zero-order valence-electron chi connectivity index (χ0n) is 12.3. The van der Waals surface area contributed by atoms with Gasteiger partial charge in [0, 0.05) is 29.6 Å². The van der Waals surface area contributed by atoms with Gasteiger partial charge < -0.3 is 10.1 Å². The molecule has 1 aliphatic rings. The van der Waals surface area contributed by atoms with E-state index in [-0.39, 0.29) is 30.6 Å². The summed E-state index contributed by atoms with van der Waals surface area (Å²) in [5, 5.41) is 12.3. The van der Waals surface area contributed by atoms with Gasteiger partial charge in [-0.25, -0.2) is 0 Å². The predicted octanol–water partition coefficient (Wildman–Crippen LogP) is 1.27. The van der Waals surface area contributed by atoms with Crippen LogP contribution in [0.1, 0.15) is 16.7 Å². The van der Waals surface area contributed by atoms with Gasteiger partial charge in [-0.3, -0.25) is 10.1 Å². The summed E-state index contributed by atoms with van der Waals surface area (Å²) in [6.07, 6.45) is 0.201. The van der Waals surface area contributed by atoms with Crippen molar-refractivity contribution in [2.24, 2.45) is 0 Å². The number of aromatic nitrogens is 1. The number of rotatable bonds is 1. The first kappa shape index (κ1) is 6.06. The fourth-order valence-corrected chi connectivity index (χ4v) is 2.06. The van der Waals surface area contributed by atoms with E-state index in [1.807, 2.05) is 0 Å². The van der Waals surface area contributed by atoms with E-state index in [0.717, 1.165) is 5.69 Å². The maximum atomic E-state index is 11.1. The van der Waals surface area contributed by atoms with Gasteiger partial charge in [0.25, 0.3) is 0 Å². The standard InChI is InChI=1S/C12H12N2O2/c15-12(16)10-5-8-7-3-1-2-4-9(7)14-11(8)6-13-10/h1-4,10,13-14H,5-6H2,(H,15,16)/t10-/m0/s1/i1D,2D,3D,4D. The Kier molecular flexibility index (Phi) is 1.27. The minimum Gasteiger partial charge on any atom is -0.480 e. The molecule has 1 aromatic heterocycles. The fraction of sp³-hybridized carbons (Fsp3) is 0.250. The molecule has 4 nitrogen and oxygen atoms in total. The van der Waals surface area contributed by atoms with E-state index in [2.05, 4.69) is 10.3 Å². The molecule has 3 rings (SSSR count). The molecular formula is C12H12N2O2. The summed E-state index contributed by atoms with van der Waals surface area (Å²) in [7, 11) is 0. The third-order valence-corrected chi connectivity index (χ3v) is 2.86. The molecule has 0 spiro atoms. The van der Waals surface area contributed by atoms with Crippen LogP contribution in [0.5, 0.6) is 0 Å². The van der Waals surface area contributed by atoms with Crippen molar-refractivity contribution < 1.29 is 15.4 Å². The van der Waals surface area contributed by atoms with Gasteiger partial charge in [0.2, 0.25) is 0 Å². The molecule has 2 heterocycles. The zero-order chi connectivity index (χ0) is 14.6. The van der Waals surface area contributed by atoms with Gasteiger partial charge in [0.15, 0.2) is 0 Å². The summed E-state index contributed by atoms with van der Waals surface area (Å²) in [6.45, 7) is 0.306. The van der Waals surface area contributed by atoms with Gasteiger partial charge in [0.05, 0.1) is 5.48 Å². The summed E-state index contributed by atoms with van der Waals surface area (Å²) in [5.74, 6) is -0.967. The van der Waals surface area contributed by atoms with E-state index in [9.17, 15) is 4.79 Å². The van der Waals surface area contributed by atoms with Crippen molar-refractivity contribution in [1.29, 1.82) is 0 Å². The largest absolute Gasteiger partial charge is 0.480 e. The predicted molar refractivity (Wildman–Crippen MR) is 60.3 cm³/mol. The maximum Gasteiger partial charge on any atom is 0.321 e.